The predicted octanol–water partition coefficient (Wildman–Crippen LogP) is 2.97. The number of nitrogens with zero attached hydrogens (tertiary/aromatic N) is 1. The zero-order valence-corrected chi connectivity index (χ0v) is 9.30. The minimum Gasteiger partial charge on any atom is -0.398 e. The van der Waals surface area contributed by atoms with Crippen LogP contribution in [-0.2, 0) is 0 Å². The molecule has 0 unspecified atom stereocenters. The zero-order valence-electron chi connectivity index (χ0n) is 9.30. The van der Waals surface area contributed by atoms with Crippen molar-refractivity contribution >= 4 is 11.4 Å². The number of alkyl halides is 3. The molecule has 0 spiro atoms. The van der Waals surface area contributed by atoms with Crippen LogP contribution >= 0.6 is 0 Å². The summed E-state index contributed by atoms with van der Waals surface area (Å²) in [5, 5.41) is 0. The van der Waals surface area contributed by atoms with Crippen LogP contribution in [0.15, 0.2) is 18.2 Å². The molecule has 2 N–H and O–H groups in total. The van der Waals surface area contributed by atoms with E-state index in [0.717, 1.165) is 5.56 Å². The van der Waals surface area contributed by atoms with Crippen LogP contribution in [0.5, 0.6) is 0 Å². The lowest BCUT2D eigenvalue weighted by Gasteiger charge is -2.20. The summed E-state index contributed by atoms with van der Waals surface area (Å²) < 4.78 is 36.1. The fourth-order valence-electron chi connectivity index (χ4n) is 1.29. The highest BCUT2D eigenvalue weighted by Crippen LogP contribution is 2.23. The number of hydrogen-bond donors (Lipinski definition) is 1. The average molecular weight is 232 g/mol. The van der Waals surface area contributed by atoms with Crippen molar-refractivity contribution in [1.29, 1.82) is 0 Å². The van der Waals surface area contributed by atoms with Gasteiger partial charge >= 0.3 is 6.18 Å². The minimum absolute atomic E-state index is 0.0635. The van der Waals surface area contributed by atoms with Gasteiger partial charge in [0.15, 0.2) is 0 Å². The van der Waals surface area contributed by atoms with Gasteiger partial charge in [-0.1, -0.05) is 6.07 Å². The summed E-state index contributed by atoms with van der Waals surface area (Å²) >= 11 is 0. The standard InChI is InChI=1S/C11H15F3N2/c1-8-3-4-9(7-10(8)15)16(2)6-5-11(12,13)14/h3-4,7H,5-6,15H2,1-2H3. The molecule has 0 fully saturated rings. The van der Waals surface area contributed by atoms with E-state index in [1.54, 1.807) is 30.1 Å². The molecule has 1 aromatic carbocycles. The monoisotopic (exact) mass is 232 g/mol. The molecule has 2 nitrogen and oxygen atoms in total. The van der Waals surface area contributed by atoms with E-state index in [9.17, 15) is 13.2 Å². The van der Waals surface area contributed by atoms with Crippen LogP contribution in [0.1, 0.15) is 12.0 Å². The Bertz CT molecular complexity index is 361. The molecule has 1 aromatic rings. The number of halogens is 3. The third kappa shape index (κ3) is 3.64. The van der Waals surface area contributed by atoms with E-state index in [-0.39, 0.29) is 6.54 Å². The lowest BCUT2D eigenvalue weighted by atomic mass is 10.2. The quantitative estimate of drug-likeness (QED) is 0.812. The Morgan fingerprint density at radius 1 is 1.31 bits per heavy atom. The molecule has 0 aliphatic rings. The van der Waals surface area contributed by atoms with Crippen LogP contribution in [0.4, 0.5) is 24.5 Å². The Morgan fingerprint density at radius 2 is 1.94 bits per heavy atom. The summed E-state index contributed by atoms with van der Waals surface area (Å²) in [6, 6.07) is 5.25. The molecule has 1 rings (SSSR count). The molecule has 90 valence electrons. The van der Waals surface area contributed by atoms with Gasteiger partial charge in [0, 0.05) is 25.0 Å². The summed E-state index contributed by atoms with van der Waals surface area (Å²) in [5.74, 6) is 0. The molecule has 16 heavy (non-hydrogen) atoms. The molecule has 0 atom stereocenters. The lowest BCUT2D eigenvalue weighted by molar-refractivity contribution is -0.132. The molecule has 0 radical (unpaired) electrons. The van der Waals surface area contributed by atoms with Gasteiger partial charge < -0.3 is 10.6 Å². The first-order valence-electron chi connectivity index (χ1n) is 4.93. The maximum atomic E-state index is 12.0. The van der Waals surface area contributed by atoms with Crippen LogP contribution < -0.4 is 10.6 Å². The van der Waals surface area contributed by atoms with Crippen LogP contribution in [0.3, 0.4) is 0 Å². The maximum Gasteiger partial charge on any atom is 0.390 e. The number of nitrogen functional groups attached to an aromatic ring is 1. The second-order valence-corrected chi connectivity index (χ2v) is 3.83. The maximum absolute atomic E-state index is 12.0. The van der Waals surface area contributed by atoms with E-state index >= 15 is 0 Å². The fraction of sp³-hybridized carbons (Fsp3) is 0.455. The van der Waals surface area contributed by atoms with Crippen molar-refractivity contribution in [2.45, 2.75) is 19.5 Å². The van der Waals surface area contributed by atoms with Gasteiger partial charge in [0.1, 0.15) is 0 Å². The number of rotatable bonds is 3. The molecule has 0 saturated heterocycles. The Labute approximate surface area is 92.9 Å². The van der Waals surface area contributed by atoms with Gasteiger partial charge in [-0.3, -0.25) is 0 Å². The van der Waals surface area contributed by atoms with Gasteiger partial charge in [-0.25, -0.2) is 0 Å². The number of hydrogen-bond acceptors (Lipinski definition) is 2. The lowest BCUT2D eigenvalue weighted by Crippen LogP contribution is -2.24. The molecular weight excluding hydrogens is 217 g/mol. The highest BCUT2D eigenvalue weighted by atomic mass is 19.4. The van der Waals surface area contributed by atoms with Crippen molar-refractivity contribution in [3.8, 4) is 0 Å². The molecule has 0 amide bonds. The van der Waals surface area contributed by atoms with Crippen molar-refractivity contribution in [1.82, 2.24) is 0 Å². The molecular formula is C11H15F3N2. The van der Waals surface area contributed by atoms with Crippen molar-refractivity contribution in [2.24, 2.45) is 0 Å². The summed E-state index contributed by atoms with van der Waals surface area (Å²) in [4.78, 5) is 1.54. The van der Waals surface area contributed by atoms with E-state index in [1.165, 1.54) is 0 Å². The molecule has 5 heteroatoms. The molecule has 0 heterocycles. The first-order valence-corrected chi connectivity index (χ1v) is 4.93. The molecule has 0 aliphatic heterocycles. The Hall–Kier alpha value is -1.39. The minimum atomic E-state index is -4.12. The molecule has 0 aliphatic carbocycles. The van der Waals surface area contributed by atoms with Crippen molar-refractivity contribution in [2.75, 3.05) is 24.2 Å². The van der Waals surface area contributed by atoms with Crippen molar-refractivity contribution in [3.63, 3.8) is 0 Å². The van der Waals surface area contributed by atoms with Crippen molar-refractivity contribution in [3.05, 3.63) is 23.8 Å². The third-order valence-electron chi connectivity index (χ3n) is 2.43. The van der Waals surface area contributed by atoms with Gasteiger partial charge in [0.05, 0.1) is 6.42 Å². The van der Waals surface area contributed by atoms with Crippen LogP contribution in [-0.4, -0.2) is 19.8 Å². The van der Waals surface area contributed by atoms with Gasteiger partial charge in [-0.05, 0) is 24.6 Å². The highest BCUT2D eigenvalue weighted by Gasteiger charge is 2.27. The molecule has 0 aromatic heterocycles. The summed E-state index contributed by atoms with van der Waals surface area (Å²) in [7, 11) is 1.62. The Kier molecular flexibility index (Phi) is 3.67. The molecule has 0 saturated carbocycles. The van der Waals surface area contributed by atoms with E-state index in [0.29, 0.717) is 11.4 Å². The van der Waals surface area contributed by atoms with Gasteiger partial charge in [0.25, 0.3) is 0 Å². The van der Waals surface area contributed by atoms with Crippen LogP contribution in [0, 0.1) is 6.92 Å². The largest absolute Gasteiger partial charge is 0.398 e. The van der Waals surface area contributed by atoms with Crippen LogP contribution in [0.25, 0.3) is 0 Å². The Morgan fingerprint density at radius 3 is 2.44 bits per heavy atom. The second-order valence-electron chi connectivity index (χ2n) is 3.83. The van der Waals surface area contributed by atoms with E-state index in [4.69, 9.17) is 5.73 Å². The summed E-state index contributed by atoms with van der Waals surface area (Å²) in [6.45, 7) is 1.79. The number of anilines is 2. The SMILES string of the molecule is Cc1ccc(N(C)CCC(F)(F)F)cc1N. The normalized spacial score (nSPS) is 11.6. The van der Waals surface area contributed by atoms with Gasteiger partial charge in [-0.2, -0.15) is 13.2 Å². The predicted molar refractivity (Wildman–Crippen MR) is 59.5 cm³/mol. The Balaban J connectivity index is 2.66. The third-order valence-corrected chi connectivity index (χ3v) is 2.43. The summed E-state index contributed by atoms with van der Waals surface area (Å²) in [5.41, 5.74) is 7.91. The van der Waals surface area contributed by atoms with Crippen LogP contribution in [0.2, 0.25) is 0 Å². The number of nitrogens with two attached hydrogens (primary N) is 1. The highest BCUT2D eigenvalue weighted by molar-refractivity contribution is 5.59. The van der Waals surface area contributed by atoms with E-state index in [1.807, 2.05) is 6.92 Å². The summed E-state index contributed by atoms with van der Waals surface area (Å²) in [6.07, 6.45) is -4.94. The second kappa shape index (κ2) is 4.63. The van der Waals surface area contributed by atoms with E-state index in [2.05, 4.69) is 0 Å². The average Bonchev–Trinajstić information content (AvgIpc) is 2.17. The smallest absolute Gasteiger partial charge is 0.390 e. The van der Waals surface area contributed by atoms with Crippen molar-refractivity contribution < 1.29 is 13.2 Å². The van der Waals surface area contributed by atoms with E-state index < -0.39 is 12.6 Å². The fourth-order valence-corrected chi connectivity index (χ4v) is 1.29. The molecule has 0 bridgehead atoms. The number of benzene rings is 1. The first kappa shape index (κ1) is 12.7. The van der Waals surface area contributed by atoms with Gasteiger partial charge in [-0.15, -0.1) is 0 Å². The first-order chi connectivity index (χ1) is 7.29. The zero-order chi connectivity index (χ0) is 12.3. The topological polar surface area (TPSA) is 29.3 Å². The number of aryl methyl sites for hydroxylation is 1. The van der Waals surface area contributed by atoms with Gasteiger partial charge in [0.2, 0.25) is 0 Å².